The Hall–Kier alpha value is -1.36. The Morgan fingerprint density at radius 3 is 2.95 bits per heavy atom. The molecule has 5 heteroatoms. The van der Waals surface area contributed by atoms with Crippen molar-refractivity contribution in [3.63, 3.8) is 0 Å². The van der Waals surface area contributed by atoms with Crippen molar-refractivity contribution in [1.29, 1.82) is 0 Å². The monoisotopic (exact) mass is 278 g/mol. The zero-order valence-electron chi connectivity index (χ0n) is 10.9. The van der Waals surface area contributed by atoms with Gasteiger partial charge < -0.3 is 14.8 Å². The highest BCUT2D eigenvalue weighted by Gasteiger charge is 2.11. The van der Waals surface area contributed by atoms with E-state index in [1.54, 1.807) is 0 Å². The maximum absolute atomic E-state index is 5.59. The van der Waals surface area contributed by atoms with Crippen LogP contribution in [-0.4, -0.2) is 37.2 Å². The number of nitrogens with zero attached hydrogens (tertiary/aromatic N) is 1. The van der Waals surface area contributed by atoms with Crippen LogP contribution >= 0.6 is 11.8 Å². The first-order valence-electron chi connectivity index (χ1n) is 6.71. The van der Waals surface area contributed by atoms with Crippen LogP contribution in [0.1, 0.15) is 12.0 Å². The molecule has 102 valence electrons. The summed E-state index contributed by atoms with van der Waals surface area (Å²) in [7, 11) is 0. The Balaban J connectivity index is 1.53. The van der Waals surface area contributed by atoms with Gasteiger partial charge in [-0.2, -0.15) is 0 Å². The molecule has 1 aromatic carbocycles. The number of hydrogen-bond acceptors (Lipinski definition) is 5. The summed E-state index contributed by atoms with van der Waals surface area (Å²) in [6.07, 6.45) is 2.16. The lowest BCUT2D eigenvalue weighted by atomic mass is 10.1. The van der Waals surface area contributed by atoms with Crippen LogP contribution in [0.25, 0.3) is 0 Å². The number of nitrogens with one attached hydrogen (secondary N) is 1. The van der Waals surface area contributed by atoms with Crippen LogP contribution in [0.3, 0.4) is 0 Å². The van der Waals surface area contributed by atoms with E-state index in [1.807, 2.05) is 17.8 Å². The first-order valence-corrected chi connectivity index (χ1v) is 7.70. The molecule has 0 atom stereocenters. The summed E-state index contributed by atoms with van der Waals surface area (Å²) in [5.74, 6) is 2.90. The minimum atomic E-state index is 0.641. The molecule has 1 aromatic rings. The number of aliphatic imine (C=N–C) groups is 1. The van der Waals surface area contributed by atoms with Gasteiger partial charge in [-0.3, -0.25) is 4.99 Å². The molecule has 0 saturated carbocycles. The maximum atomic E-state index is 5.59. The normalized spacial score (nSPS) is 17.8. The number of hydrogen-bond donors (Lipinski definition) is 1. The van der Waals surface area contributed by atoms with Gasteiger partial charge in [-0.15, -0.1) is 0 Å². The fraction of sp³-hybridized carbons (Fsp3) is 0.500. The highest BCUT2D eigenvalue weighted by atomic mass is 32.2. The number of ether oxygens (including phenoxy) is 2. The SMILES string of the molecule is c1cc2c(cc1CCNC1=NCCCS1)OCCO2. The first kappa shape index (κ1) is 12.7. The van der Waals surface area contributed by atoms with Crippen molar-refractivity contribution in [2.45, 2.75) is 12.8 Å². The predicted octanol–water partition coefficient (Wildman–Crippen LogP) is 2.08. The molecule has 2 heterocycles. The highest BCUT2D eigenvalue weighted by Crippen LogP contribution is 2.30. The largest absolute Gasteiger partial charge is 0.486 e. The van der Waals surface area contributed by atoms with Gasteiger partial charge >= 0.3 is 0 Å². The lowest BCUT2D eigenvalue weighted by Gasteiger charge is -2.19. The van der Waals surface area contributed by atoms with E-state index in [0.717, 1.165) is 36.2 Å². The third-order valence-electron chi connectivity index (χ3n) is 3.09. The zero-order valence-corrected chi connectivity index (χ0v) is 11.7. The molecule has 19 heavy (non-hydrogen) atoms. The first-order chi connectivity index (χ1) is 9.42. The lowest BCUT2D eigenvalue weighted by molar-refractivity contribution is 0.171. The van der Waals surface area contributed by atoms with Crippen molar-refractivity contribution in [1.82, 2.24) is 5.32 Å². The number of thioether (sulfide) groups is 1. The second-order valence-corrected chi connectivity index (χ2v) is 5.63. The topological polar surface area (TPSA) is 42.9 Å². The summed E-state index contributed by atoms with van der Waals surface area (Å²) in [4.78, 5) is 4.45. The fourth-order valence-electron chi connectivity index (χ4n) is 2.12. The number of benzene rings is 1. The van der Waals surface area contributed by atoms with Crippen molar-refractivity contribution in [2.75, 3.05) is 32.1 Å². The van der Waals surface area contributed by atoms with Crippen molar-refractivity contribution in [2.24, 2.45) is 4.99 Å². The molecule has 0 aliphatic carbocycles. The van der Waals surface area contributed by atoms with Gasteiger partial charge in [0.05, 0.1) is 0 Å². The molecule has 0 bridgehead atoms. The summed E-state index contributed by atoms with van der Waals surface area (Å²) in [5.41, 5.74) is 1.26. The van der Waals surface area contributed by atoms with Gasteiger partial charge in [0.25, 0.3) is 0 Å². The molecule has 0 saturated heterocycles. The summed E-state index contributed by atoms with van der Waals surface area (Å²) in [6.45, 7) is 3.15. The van der Waals surface area contributed by atoms with E-state index in [0.29, 0.717) is 13.2 Å². The summed E-state index contributed by atoms with van der Waals surface area (Å²) < 4.78 is 11.1. The number of fused-ring (bicyclic) bond motifs is 1. The molecule has 0 unspecified atom stereocenters. The van der Waals surface area contributed by atoms with Crippen LogP contribution in [0, 0.1) is 0 Å². The molecule has 0 amide bonds. The van der Waals surface area contributed by atoms with E-state index in [4.69, 9.17) is 9.47 Å². The molecule has 1 N–H and O–H groups in total. The molecule has 0 fully saturated rings. The molecule has 0 spiro atoms. The molecule has 0 radical (unpaired) electrons. The predicted molar refractivity (Wildman–Crippen MR) is 78.5 cm³/mol. The van der Waals surface area contributed by atoms with E-state index >= 15 is 0 Å². The van der Waals surface area contributed by atoms with E-state index < -0.39 is 0 Å². The van der Waals surface area contributed by atoms with Crippen LogP contribution in [0.5, 0.6) is 11.5 Å². The quantitative estimate of drug-likeness (QED) is 0.919. The number of amidine groups is 1. The Bertz CT molecular complexity index is 477. The van der Waals surface area contributed by atoms with Gasteiger partial charge in [-0.1, -0.05) is 17.8 Å². The Morgan fingerprint density at radius 2 is 2.11 bits per heavy atom. The summed E-state index contributed by atoms with van der Waals surface area (Å²) >= 11 is 1.82. The third-order valence-corrected chi connectivity index (χ3v) is 4.13. The second kappa shape index (κ2) is 6.19. The fourth-order valence-corrected chi connectivity index (χ4v) is 2.98. The van der Waals surface area contributed by atoms with Gasteiger partial charge in [-0.25, -0.2) is 0 Å². The Morgan fingerprint density at radius 1 is 1.21 bits per heavy atom. The highest BCUT2D eigenvalue weighted by molar-refractivity contribution is 8.13. The van der Waals surface area contributed by atoms with Crippen molar-refractivity contribution in [3.05, 3.63) is 23.8 Å². The lowest BCUT2D eigenvalue weighted by Crippen LogP contribution is -2.25. The van der Waals surface area contributed by atoms with Gasteiger partial charge in [0.15, 0.2) is 16.7 Å². The Kier molecular flexibility index (Phi) is 4.13. The summed E-state index contributed by atoms with van der Waals surface area (Å²) in [5, 5.41) is 4.48. The van der Waals surface area contributed by atoms with Gasteiger partial charge in [0, 0.05) is 18.8 Å². The van der Waals surface area contributed by atoms with Crippen LogP contribution in [-0.2, 0) is 6.42 Å². The van der Waals surface area contributed by atoms with E-state index in [1.165, 1.54) is 17.7 Å². The van der Waals surface area contributed by atoms with Crippen LogP contribution in [0.15, 0.2) is 23.2 Å². The van der Waals surface area contributed by atoms with Gasteiger partial charge in [-0.05, 0) is 30.5 Å². The van der Waals surface area contributed by atoms with Crippen molar-refractivity contribution < 1.29 is 9.47 Å². The van der Waals surface area contributed by atoms with Crippen molar-refractivity contribution >= 4 is 16.9 Å². The molecule has 0 aromatic heterocycles. The van der Waals surface area contributed by atoms with Gasteiger partial charge in [0.1, 0.15) is 13.2 Å². The van der Waals surface area contributed by atoms with Gasteiger partial charge in [0.2, 0.25) is 0 Å². The summed E-state index contributed by atoms with van der Waals surface area (Å²) in [6, 6.07) is 6.17. The van der Waals surface area contributed by atoms with E-state index in [2.05, 4.69) is 22.4 Å². The van der Waals surface area contributed by atoms with Crippen molar-refractivity contribution in [3.8, 4) is 11.5 Å². The molecular formula is C14H18N2O2S. The standard InChI is InChI=1S/C14H18N2O2S/c1-5-15-14(19-9-1)16-6-4-11-2-3-12-13(10-11)18-8-7-17-12/h2-3,10H,1,4-9H2,(H,15,16). The van der Waals surface area contributed by atoms with E-state index in [-0.39, 0.29) is 0 Å². The average molecular weight is 278 g/mol. The third kappa shape index (κ3) is 3.35. The molecular weight excluding hydrogens is 260 g/mol. The molecule has 2 aliphatic heterocycles. The molecule has 4 nitrogen and oxygen atoms in total. The average Bonchev–Trinajstić information content (AvgIpc) is 2.48. The Labute approximate surface area is 117 Å². The second-order valence-electron chi connectivity index (χ2n) is 4.54. The van der Waals surface area contributed by atoms with Crippen LogP contribution in [0.2, 0.25) is 0 Å². The smallest absolute Gasteiger partial charge is 0.161 e. The van der Waals surface area contributed by atoms with E-state index in [9.17, 15) is 0 Å². The maximum Gasteiger partial charge on any atom is 0.161 e. The minimum absolute atomic E-state index is 0.641. The van der Waals surface area contributed by atoms with Crippen LogP contribution in [0.4, 0.5) is 0 Å². The number of rotatable bonds is 3. The molecule has 3 rings (SSSR count). The molecule has 2 aliphatic rings. The zero-order chi connectivity index (χ0) is 12.9. The minimum Gasteiger partial charge on any atom is -0.486 e. The van der Waals surface area contributed by atoms with Crippen LogP contribution < -0.4 is 14.8 Å².